The van der Waals surface area contributed by atoms with Crippen molar-refractivity contribution in [3.63, 3.8) is 0 Å². The van der Waals surface area contributed by atoms with Crippen LogP contribution >= 0.6 is 11.6 Å². The second-order valence-corrected chi connectivity index (χ2v) is 7.59. The van der Waals surface area contributed by atoms with Crippen LogP contribution in [0.4, 0.5) is 0 Å². The highest BCUT2D eigenvalue weighted by Gasteiger charge is 2.38. The summed E-state index contributed by atoms with van der Waals surface area (Å²) in [5.74, 6) is -0.810. The van der Waals surface area contributed by atoms with Crippen LogP contribution in [0.15, 0.2) is 118 Å². The molecule has 0 saturated heterocycles. The molecule has 0 fully saturated rings. The summed E-state index contributed by atoms with van der Waals surface area (Å²) in [6.45, 7) is 0. The topological polar surface area (TPSA) is 62.1 Å². The Morgan fingerprint density at radius 3 is 1.62 bits per heavy atom. The Balaban J connectivity index is 1.69. The summed E-state index contributed by atoms with van der Waals surface area (Å²) in [5.41, 5.74) is 3.46. The summed E-state index contributed by atoms with van der Waals surface area (Å²) >= 11 is 6.55. The summed E-state index contributed by atoms with van der Waals surface area (Å²) in [6.07, 6.45) is 3.29. The summed E-state index contributed by atoms with van der Waals surface area (Å²) in [6, 6.07) is 25.6. The average molecular weight is 438 g/mol. The van der Waals surface area contributed by atoms with Crippen LogP contribution in [0.5, 0.6) is 0 Å². The molecular weight excluding hydrogens is 422 g/mol. The molecule has 3 aromatic rings. The zero-order chi connectivity index (χ0) is 22.1. The van der Waals surface area contributed by atoms with Gasteiger partial charge in [-0.25, -0.2) is 4.90 Å². The van der Waals surface area contributed by atoms with Crippen LogP contribution in [0.3, 0.4) is 0 Å². The first-order chi connectivity index (χ1) is 15.6. The van der Waals surface area contributed by atoms with E-state index in [2.05, 4.69) is 10.2 Å². The molecule has 2 heterocycles. The molecule has 0 atom stereocenters. The van der Waals surface area contributed by atoms with Gasteiger partial charge in [-0.15, -0.1) is 10.2 Å². The normalized spacial score (nSPS) is 22.3. The number of carbonyl (C=O) groups excluding carboxylic acids is 2. The lowest BCUT2D eigenvalue weighted by atomic mass is 10.1. The van der Waals surface area contributed by atoms with Crippen molar-refractivity contribution in [1.82, 2.24) is 4.90 Å². The molecule has 154 valence electrons. The van der Waals surface area contributed by atoms with Crippen LogP contribution in [0.25, 0.3) is 11.4 Å². The molecule has 5 rings (SSSR count). The lowest BCUT2D eigenvalue weighted by Crippen LogP contribution is -2.29. The van der Waals surface area contributed by atoms with Gasteiger partial charge in [0.05, 0.1) is 21.9 Å². The van der Waals surface area contributed by atoms with Crippen LogP contribution < -0.4 is 0 Å². The average Bonchev–Trinajstić information content (AvgIpc) is 3.08. The molecule has 32 heavy (non-hydrogen) atoms. The number of fused-ring (bicyclic) bond motifs is 1. The zero-order valence-corrected chi connectivity index (χ0v) is 17.5. The lowest BCUT2D eigenvalue weighted by molar-refractivity contribution is 0.0710. The van der Waals surface area contributed by atoms with E-state index in [-0.39, 0.29) is 0 Å². The summed E-state index contributed by atoms with van der Waals surface area (Å²) in [7, 11) is 0. The molecule has 0 aliphatic carbocycles. The molecule has 3 aromatic carbocycles. The lowest BCUT2D eigenvalue weighted by Gasteiger charge is -2.19. The van der Waals surface area contributed by atoms with Crippen molar-refractivity contribution in [2.75, 3.05) is 0 Å². The third-order valence-corrected chi connectivity index (χ3v) is 5.54. The molecule has 0 unspecified atom stereocenters. The zero-order valence-electron chi connectivity index (χ0n) is 16.8. The van der Waals surface area contributed by atoms with E-state index in [4.69, 9.17) is 11.6 Å². The number of allylic oxidation sites excluding steroid dienone is 3. The van der Waals surface area contributed by atoms with Crippen molar-refractivity contribution in [2.45, 2.75) is 0 Å². The van der Waals surface area contributed by atoms with E-state index < -0.39 is 11.8 Å². The standard InChI is InChI=1S/C26H16ClN3O2/c27-21-15-16-22(30-25(31)19-13-7-8-14-20(19)26(30)32)24(18-11-5-2-6-12-18)29-28-23(21)17-9-3-1-4-10-17/h1-16H/b16-15-,21-15?,22-16?,23-21+,24-22+,28-23?,29-24?,29-28-. The maximum atomic E-state index is 13.2. The summed E-state index contributed by atoms with van der Waals surface area (Å²) < 4.78 is 0. The van der Waals surface area contributed by atoms with E-state index >= 15 is 0 Å². The van der Waals surface area contributed by atoms with Crippen molar-refractivity contribution in [3.05, 3.63) is 130 Å². The predicted molar refractivity (Wildman–Crippen MR) is 124 cm³/mol. The largest absolute Gasteiger partial charge is 0.268 e. The van der Waals surface area contributed by atoms with E-state index in [1.165, 1.54) is 0 Å². The quantitative estimate of drug-likeness (QED) is 0.452. The fraction of sp³-hybridized carbons (Fsp3) is 0. The maximum Gasteiger partial charge on any atom is 0.266 e. The van der Waals surface area contributed by atoms with Crippen LogP contribution in [-0.4, -0.2) is 16.7 Å². The smallest absolute Gasteiger partial charge is 0.266 e. The molecule has 0 bridgehead atoms. The fourth-order valence-electron chi connectivity index (χ4n) is 3.69. The van der Waals surface area contributed by atoms with Crippen LogP contribution in [0, 0.1) is 0 Å². The van der Waals surface area contributed by atoms with Gasteiger partial charge in [0.2, 0.25) is 0 Å². The molecule has 5 nitrogen and oxygen atoms in total. The highest BCUT2D eigenvalue weighted by molar-refractivity contribution is 6.34. The number of halogens is 1. The van der Waals surface area contributed by atoms with E-state index in [9.17, 15) is 9.59 Å². The van der Waals surface area contributed by atoms with E-state index in [1.807, 2.05) is 60.7 Å². The molecule has 0 N–H and O–H groups in total. The maximum absolute atomic E-state index is 13.2. The van der Waals surface area contributed by atoms with Crippen LogP contribution in [-0.2, 0) is 0 Å². The molecule has 6 heteroatoms. The van der Waals surface area contributed by atoms with Crippen LogP contribution in [0.1, 0.15) is 31.8 Å². The Bertz CT molecular complexity index is 1320. The van der Waals surface area contributed by atoms with Gasteiger partial charge in [0.15, 0.2) is 0 Å². The second-order valence-electron chi connectivity index (χ2n) is 7.19. The van der Waals surface area contributed by atoms with Crippen molar-refractivity contribution < 1.29 is 9.59 Å². The predicted octanol–water partition coefficient (Wildman–Crippen LogP) is 6.28. The monoisotopic (exact) mass is 437 g/mol. The molecule has 0 spiro atoms. The number of carbonyl (C=O) groups is 2. The van der Waals surface area contributed by atoms with Crippen molar-refractivity contribution in [1.29, 1.82) is 0 Å². The van der Waals surface area contributed by atoms with Gasteiger partial charge in [0.1, 0.15) is 11.4 Å². The number of hydrogen-bond acceptors (Lipinski definition) is 4. The Kier molecular flexibility index (Phi) is 5.09. The van der Waals surface area contributed by atoms with Gasteiger partial charge in [0.25, 0.3) is 11.8 Å². The summed E-state index contributed by atoms with van der Waals surface area (Å²) in [5, 5.41) is 9.26. The minimum Gasteiger partial charge on any atom is -0.268 e. The third kappa shape index (κ3) is 3.39. The number of hydrogen-bond donors (Lipinski definition) is 0. The van der Waals surface area contributed by atoms with Crippen molar-refractivity contribution in [3.8, 4) is 0 Å². The highest BCUT2D eigenvalue weighted by Crippen LogP contribution is 2.35. The Labute approximate surface area is 189 Å². The van der Waals surface area contributed by atoms with Gasteiger partial charge in [-0.05, 0) is 24.3 Å². The molecular formula is C26H16ClN3O2. The Hall–Kier alpha value is -4.09. The van der Waals surface area contributed by atoms with Crippen LogP contribution in [0.2, 0.25) is 0 Å². The minimum absolute atomic E-state index is 0.316. The molecule has 2 amide bonds. The second kappa shape index (κ2) is 8.21. The van der Waals surface area contributed by atoms with Gasteiger partial charge >= 0.3 is 0 Å². The van der Waals surface area contributed by atoms with E-state index in [0.29, 0.717) is 33.3 Å². The van der Waals surface area contributed by atoms with Crippen molar-refractivity contribution >= 4 is 34.8 Å². The number of benzene rings is 3. The number of imide groups is 1. The molecule has 2 aliphatic rings. The van der Waals surface area contributed by atoms with Gasteiger partial charge in [-0.1, -0.05) is 84.4 Å². The van der Waals surface area contributed by atoms with Gasteiger partial charge < -0.3 is 0 Å². The third-order valence-electron chi connectivity index (χ3n) is 5.24. The molecule has 2 aliphatic heterocycles. The molecule has 0 radical (unpaired) electrons. The number of azo groups is 1. The van der Waals surface area contributed by atoms with Gasteiger partial charge in [-0.3, -0.25) is 9.59 Å². The van der Waals surface area contributed by atoms with E-state index in [0.717, 1.165) is 16.0 Å². The highest BCUT2D eigenvalue weighted by atomic mass is 35.5. The first kappa shape index (κ1) is 19.8. The number of rotatable bonds is 3. The number of amides is 2. The first-order valence-electron chi connectivity index (χ1n) is 9.97. The molecule has 0 aromatic heterocycles. The minimum atomic E-state index is -0.405. The first-order valence-corrected chi connectivity index (χ1v) is 10.4. The SMILES string of the molecule is O=C1c2ccccc2C(=O)N1C1=C(c2ccccc2)/N=N\C(c2ccccc2)=C(Cl)/C=C\1. The summed E-state index contributed by atoms with van der Waals surface area (Å²) in [4.78, 5) is 27.5. The van der Waals surface area contributed by atoms with E-state index in [1.54, 1.807) is 36.4 Å². The van der Waals surface area contributed by atoms with Gasteiger partial charge in [0, 0.05) is 11.1 Å². The Morgan fingerprint density at radius 2 is 1.06 bits per heavy atom. The number of nitrogens with zero attached hydrogens (tertiary/aromatic N) is 3. The Morgan fingerprint density at radius 1 is 0.594 bits per heavy atom. The fourth-order valence-corrected chi connectivity index (χ4v) is 3.90. The van der Waals surface area contributed by atoms with Crippen molar-refractivity contribution in [2.24, 2.45) is 10.2 Å². The molecule has 0 saturated carbocycles. The van der Waals surface area contributed by atoms with Gasteiger partial charge in [-0.2, -0.15) is 0 Å².